The van der Waals surface area contributed by atoms with Crippen molar-refractivity contribution in [3.8, 4) is 0 Å². The van der Waals surface area contributed by atoms with Gasteiger partial charge in [0.25, 0.3) is 0 Å². The number of nitrogens with zero attached hydrogens (tertiary/aromatic N) is 4. The number of rotatable bonds is 5. The van der Waals surface area contributed by atoms with Gasteiger partial charge in [-0.3, -0.25) is 0 Å². The van der Waals surface area contributed by atoms with Crippen LogP contribution in [0.4, 0.5) is 0 Å². The highest BCUT2D eigenvalue weighted by atomic mass is 32.1. The van der Waals surface area contributed by atoms with E-state index in [1.807, 2.05) is 0 Å². The van der Waals surface area contributed by atoms with Crippen LogP contribution in [0.2, 0.25) is 0 Å². The molecule has 0 aliphatic rings. The van der Waals surface area contributed by atoms with Gasteiger partial charge in [0.1, 0.15) is 0 Å². The Hall–Kier alpha value is -1.02. The van der Waals surface area contributed by atoms with Gasteiger partial charge in [-0.05, 0) is 38.3 Å². The van der Waals surface area contributed by atoms with E-state index in [-0.39, 0.29) is 0 Å². The third kappa shape index (κ3) is 3.53. The van der Waals surface area contributed by atoms with Gasteiger partial charge in [0.15, 0.2) is 5.11 Å². The molecule has 0 saturated heterocycles. The third-order valence-electron chi connectivity index (χ3n) is 2.19. The van der Waals surface area contributed by atoms with Crippen LogP contribution in [0.5, 0.6) is 0 Å². The number of tetrazole rings is 1. The Labute approximate surface area is 105 Å². The Bertz CT molecular complexity index is 380. The zero-order chi connectivity index (χ0) is 12.0. The van der Waals surface area contributed by atoms with Crippen LogP contribution < -0.4 is 5.32 Å². The second-order valence-electron chi connectivity index (χ2n) is 3.14. The summed E-state index contributed by atoms with van der Waals surface area (Å²) in [5.41, 5.74) is 0. The van der Waals surface area contributed by atoms with Crippen LogP contribution in [0.3, 0.4) is 0 Å². The molecular formula is C8H16N6S2. The molecule has 90 valence electrons. The van der Waals surface area contributed by atoms with Gasteiger partial charge in [0.05, 0.1) is 6.54 Å². The number of hydrogen-bond donors (Lipinski definition) is 2. The van der Waals surface area contributed by atoms with Gasteiger partial charge in [-0.25, -0.2) is 4.68 Å². The molecule has 16 heavy (non-hydrogen) atoms. The number of nitrogens with one attached hydrogen (secondary N) is 2. The molecule has 0 saturated carbocycles. The number of H-pyrrole nitrogens is 1. The summed E-state index contributed by atoms with van der Waals surface area (Å²) in [4.78, 5) is 2.08. The van der Waals surface area contributed by atoms with Crippen molar-refractivity contribution in [2.75, 3.05) is 19.6 Å². The molecule has 0 bridgehead atoms. The van der Waals surface area contributed by atoms with E-state index in [2.05, 4.69) is 39.6 Å². The van der Waals surface area contributed by atoms with Crippen LogP contribution in [-0.2, 0) is 6.54 Å². The summed E-state index contributed by atoms with van der Waals surface area (Å²) < 4.78 is 2.14. The Balaban J connectivity index is 2.33. The Morgan fingerprint density at radius 1 is 1.50 bits per heavy atom. The SMILES string of the molecule is CCN(CC)C(=S)NCCn1[nH]nnc1=S. The topological polar surface area (TPSA) is 61.8 Å². The van der Waals surface area contributed by atoms with E-state index in [1.54, 1.807) is 4.68 Å². The largest absolute Gasteiger partial charge is 0.361 e. The molecular weight excluding hydrogens is 244 g/mol. The number of hydrogen-bond acceptors (Lipinski definition) is 4. The number of aromatic amines is 1. The van der Waals surface area contributed by atoms with Gasteiger partial charge < -0.3 is 10.2 Å². The van der Waals surface area contributed by atoms with Gasteiger partial charge >= 0.3 is 0 Å². The predicted molar refractivity (Wildman–Crippen MR) is 68.7 cm³/mol. The zero-order valence-corrected chi connectivity index (χ0v) is 11.1. The van der Waals surface area contributed by atoms with E-state index >= 15 is 0 Å². The van der Waals surface area contributed by atoms with E-state index in [0.29, 0.717) is 17.9 Å². The van der Waals surface area contributed by atoms with Crippen molar-refractivity contribution < 1.29 is 0 Å². The molecule has 0 fully saturated rings. The van der Waals surface area contributed by atoms with Crippen LogP contribution in [0.1, 0.15) is 13.8 Å². The van der Waals surface area contributed by atoms with E-state index in [9.17, 15) is 0 Å². The molecule has 0 amide bonds. The maximum absolute atomic E-state index is 5.24. The standard InChI is InChI=1S/C8H16N6S2/c1-3-13(4-2)7(15)9-5-6-14-8(16)10-11-12-14/h3-6H2,1-2H3,(H,9,15)(H,10,12,16). The molecule has 1 rings (SSSR count). The molecule has 6 nitrogen and oxygen atoms in total. The first-order valence-corrected chi connectivity index (χ1v) is 6.01. The van der Waals surface area contributed by atoms with Gasteiger partial charge in [0, 0.05) is 19.6 Å². The molecule has 2 N–H and O–H groups in total. The summed E-state index contributed by atoms with van der Waals surface area (Å²) in [6, 6.07) is 0. The number of aromatic nitrogens is 4. The summed E-state index contributed by atoms with van der Waals surface area (Å²) >= 11 is 10.2. The first-order valence-electron chi connectivity index (χ1n) is 5.19. The predicted octanol–water partition coefficient (Wildman–Crippen LogP) is 0.552. The average Bonchev–Trinajstić information content (AvgIpc) is 2.66. The molecule has 0 radical (unpaired) electrons. The van der Waals surface area contributed by atoms with Crippen LogP contribution in [0.15, 0.2) is 0 Å². The fourth-order valence-corrected chi connectivity index (χ4v) is 1.79. The van der Waals surface area contributed by atoms with Crippen LogP contribution in [-0.4, -0.2) is 49.9 Å². The van der Waals surface area contributed by atoms with Crippen LogP contribution in [0, 0.1) is 4.77 Å². The molecule has 0 spiro atoms. The summed E-state index contributed by atoms with van der Waals surface area (Å²) in [6.45, 7) is 7.35. The summed E-state index contributed by atoms with van der Waals surface area (Å²) in [6.07, 6.45) is 0. The molecule has 0 aliphatic heterocycles. The van der Waals surface area contributed by atoms with Crippen molar-refractivity contribution in [2.24, 2.45) is 0 Å². The molecule has 1 aromatic heterocycles. The van der Waals surface area contributed by atoms with Crippen molar-refractivity contribution in [1.82, 2.24) is 30.4 Å². The lowest BCUT2D eigenvalue weighted by molar-refractivity contribution is 0.451. The van der Waals surface area contributed by atoms with E-state index in [4.69, 9.17) is 24.4 Å². The maximum Gasteiger partial charge on any atom is 0.238 e. The minimum Gasteiger partial charge on any atom is -0.361 e. The highest BCUT2D eigenvalue weighted by Gasteiger charge is 2.03. The van der Waals surface area contributed by atoms with E-state index < -0.39 is 0 Å². The van der Waals surface area contributed by atoms with Crippen LogP contribution in [0.25, 0.3) is 0 Å². The van der Waals surface area contributed by atoms with Crippen molar-refractivity contribution in [3.63, 3.8) is 0 Å². The fraction of sp³-hybridized carbons (Fsp3) is 0.750. The van der Waals surface area contributed by atoms with Crippen molar-refractivity contribution >= 4 is 29.5 Å². The van der Waals surface area contributed by atoms with Crippen molar-refractivity contribution in [3.05, 3.63) is 4.77 Å². The minimum atomic E-state index is 0.454. The molecule has 0 aromatic carbocycles. The highest BCUT2D eigenvalue weighted by Crippen LogP contribution is 1.89. The lowest BCUT2D eigenvalue weighted by Gasteiger charge is -2.22. The molecule has 8 heteroatoms. The monoisotopic (exact) mass is 260 g/mol. The second-order valence-corrected chi connectivity index (χ2v) is 3.89. The Morgan fingerprint density at radius 3 is 2.69 bits per heavy atom. The summed E-state index contributed by atoms with van der Waals surface area (Å²) in [5.74, 6) is 0. The van der Waals surface area contributed by atoms with Gasteiger partial charge in [-0.2, -0.15) is 5.21 Å². The normalized spacial score (nSPS) is 10.1. The minimum absolute atomic E-state index is 0.454. The smallest absolute Gasteiger partial charge is 0.238 e. The summed E-state index contributed by atoms with van der Waals surface area (Å²) in [7, 11) is 0. The third-order valence-corrected chi connectivity index (χ3v) is 2.90. The lowest BCUT2D eigenvalue weighted by atomic mass is 10.5. The highest BCUT2D eigenvalue weighted by molar-refractivity contribution is 7.80. The van der Waals surface area contributed by atoms with E-state index in [1.165, 1.54) is 0 Å². The fourth-order valence-electron chi connectivity index (χ4n) is 1.26. The van der Waals surface area contributed by atoms with Crippen molar-refractivity contribution in [2.45, 2.75) is 20.4 Å². The molecule has 0 atom stereocenters. The van der Waals surface area contributed by atoms with Crippen LogP contribution >= 0.6 is 24.4 Å². The van der Waals surface area contributed by atoms with Crippen molar-refractivity contribution in [1.29, 1.82) is 0 Å². The summed E-state index contributed by atoms with van der Waals surface area (Å²) in [5, 5.41) is 13.9. The first kappa shape index (κ1) is 13.0. The first-order chi connectivity index (χ1) is 7.69. The number of thiocarbonyl (C=S) groups is 1. The average molecular weight is 260 g/mol. The zero-order valence-electron chi connectivity index (χ0n) is 9.43. The van der Waals surface area contributed by atoms with Gasteiger partial charge in [-0.1, -0.05) is 10.3 Å². The maximum atomic E-state index is 5.24. The van der Waals surface area contributed by atoms with E-state index in [0.717, 1.165) is 18.2 Å². The quantitative estimate of drug-likeness (QED) is 0.754. The lowest BCUT2D eigenvalue weighted by Crippen LogP contribution is -2.40. The molecule has 0 aliphatic carbocycles. The Morgan fingerprint density at radius 2 is 2.19 bits per heavy atom. The van der Waals surface area contributed by atoms with Gasteiger partial charge in [0.2, 0.25) is 4.77 Å². The second kappa shape index (κ2) is 6.54. The van der Waals surface area contributed by atoms with Gasteiger partial charge in [-0.15, -0.1) is 0 Å². The Kier molecular flexibility index (Phi) is 5.33. The molecule has 1 aromatic rings. The molecule has 1 heterocycles. The molecule has 0 unspecified atom stereocenters.